The summed E-state index contributed by atoms with van der Waals surface area (Å²) >= 11 is 0. The lowest BCUT2D eigenvalue weighted by atomic mass is 10.1. The van der Waals surface area contributed by atoms with Crippen LogP contribution in [0, 0.1) is 0 Å². The third-order valence-electron chi connectivity index (χ3n) is 7.98. The van der Waals surface area contributed by atoms with Crippen molar-refractivity contribution in [1.82, 2.24) is 30.6 Å². The van der Waals surface area contributed by atoms with Gasteiger partial charge in [0, 0.05) is 74.9 Å². The molecule has 12 heteroatoms. The van der Waals surface area contributed by atoms with Gasteiger partial charge >= 0.3 is 0 Å². The molecule has 4 heterocycles. The van der Waals surface area contributed by atoms with Crippen LogP contribution >= 0.6 is 49.6 Å². The number of H-pyrrole nitrogens is 2. The Balaban J connectivity index is 0.000000230. The average Bonchev–Trinajstić information content (AvgIpc) is 3.71. The van der Waals surface area contributed by atoms with E-state index in [-0.39, 0.29) is 49.6 Å². The summed E-state index contributed by atoms with van der Waals surface area (Å²) in [5.74, 6) is 1.88. The fraction of sp³-hybridized carbons (Fsp3) is 0.235. The minimum atomic E-state index is 0. The molecule has 0 unspecified atom stereocenters. The molecule has 244 valence electrons. The summed E-state index contributed by atoms with van der Waals surface area (Å²) in [5.41, 5.74) is 9.02. The second-order valence-corrected chi connectivity index (χ2v) is 10.8. The Hall–Kier alpha value is -3.50. The maximum absolute atomic E-state index is 4.68. The Bertz CT molecular complexity index is 1600. The molecule has 0 atom stereocenters. The van der Waals surface area contributed by atoms with Crippen LogP contribution in [-0.2, 0) is 0 Å². The van der Waals surface area contributed by atoms with Crippen molar-refractivity contribution in [2.75, 3.05) is 62.2 Å². The number of piperazine rings is 2. The number of halogens is 4. The number of fused-ring (bicyclic) bond motifs is 2. The van der Waals surface area contributed by atoms with Gasteiger partial charge in [-0.3, -0.25) is 0 Å². The smallest absolute Gasteiger partial charge is 0.138 e. The van der Waals surface area contributed by atoms with E-state index in [2.05, 4.69) is 101 Å². The summed E-state index contributed by atoms with van der Waals surface area (Å²) in [5, 5.41) is 6.78. The number of aromatic nitrogens is 4. The minimum Gasteiger partial charge on any atom is -0.369 e. The van der Waals surface area contributed by atoms with Crippen molar-refractivity contribution in [3.05, 3.63) is 97.1 Å². The van der Waals surface area contributed by atoms with E-state index < -0.39 is 0 Å². The first-order valence-corrected chi connectivity index (χ1v) is 14.8. The lowest BCUT2D eigenvalue weighted by Gasteiger charge is -2.29. The van der Waals surface area contributed by atoms with Gasteiger partial charge < -0.3 is 30.4 Å². The number of aromatic amines is 2. The summed E-state index contributed by atoms with van der Waals surface area (Å²) in [6, 6.07) is 33.5. The van der Waals surface area contributed by atoms with Crippen molar-refractivity contribution in [3.8, 4) is 22.8 Å². The highest BCUT2D eigenvalue weighted by Gasteiger charge is 2.13. The van der Waals surface area contributed by atoms with Crippen LogP contribution in [0.3, 0.4) is 0 Å². The number of para-hydroxylation sites is 4. The second-order valence-electron chi connectivity index (χ2n) is 10.8. The number of hydrogen-bond donors (Lipinski definition) is 4. The molecule has 4 N–H and O–H groups in total. The first kappa shape index (κ1) is 37.0. The zero-order chi connectivity index (χ0) is 28.1. The number of anilines is 2. The van der Waals surface area contributed by atoms with E-state index in [1.165, 1.54) is 11.4 Å². The second kappa shape index (κ2) is 17.4. The van der Waals surface area contributed by atoms with Gasteiger partial charge in [0.1, 0.15) is 11.6 Å². The SMILES string of the molecule is Cl.Cl.Cl.Cl.c1cc(-c2nc3ccccc3[nH]2)cc(N2CCNCC2)c1.c1cc(-c2nc3ccccc3[nH]2)cc(N2CCNCC2)c1. The van der Waals surface area contributed by atoms with Gasteiger partial charge in [0.05, 0.1) is 22.1 Å². The summed E-state index contributed by atoms with van der Waals surface area (Å²) < 4.78 is 0. The number of hydrogen-bond acceptors (Lipinski definition) is 6. The highest BCUT2D eigenvalue weighted by molar-refractivity contribution is 5.86. The molecule has 8 rings (SSSR count). The molecule has 8 nitrogen and oxygen atoms in total. The van der Waals surface area contributed by atoms with Crippen molar-refractivity contribution in [3.63, 3.8) is 0 Å². The predicted octanol–water partition coefficient (Wildman–Crippen LogP) is 6.97. The molecule has 46 heavy (non-hydrogen) atoms. The molecule has 0 bridgehead atoms. The van der Waals surface area contributed by atoms with Gasteiger partial charge in [0.2, 0.25) is 0 Å². The zero-order valence-corrected chi connectivity index (χ0v) is 28.6. The van der Waals surface area contributed by atoms with Crippen LogP contribution in [0.2, 0.25) is 0 Å². The standard InChI is InChI=1S/2C17H18N4.4ClH/c2*1-2-7-16-15(6-1)19-17(20-16)13-4-3-5-14(12-13)21-10-8-18-9-11-21;;;;/h2*1-7,12,18H,8-11H2,(H,19,20);4*1H. The van der Waals surface area contributed by atoms with Gasteiger partial charge in [0.25, 0.3) is 0 Å². The van der Waals surface area contributed by atoms with E-state index in [9.17, 15) is 0 Å². The lowest BCUT2D eigenvalue weighted by Crippen LogP contribution is -2.43. The van der Waals surface area contributed by atoms with Gasteiger partial charge in [-0.2, -0.15) is 0 Å². The van der Waals surface area contributed by atoms with Gasteiger partial charge in [-0.05, 0) is 48.5 Å². The van der Waals surface area contributed by atoms with Crippen LogP contribution in [-0.4, -0.2) is 72.3 Å². The molecule has 2 aromatic heterocycles. The number of benzene rings is 4. The Morgan fingerprint density at radius 1 is 0.457 bits per heavy atom. The van der Waals surface area contributed by atoms with Crippen LogP contribution < -0.4 is 20.4 Å². The molecular formula is C34H40Cl4N8. The van der Waals surface area contributed by atoms with Crippen molar-refractivity contribution < 1.29 is 0 Å². The van der Waals surface area contributed by atoms with Crippen LogP contribution in [0.5, 0.6) is 0 Å². The van der Waals surface area contributed by atoms with E-state index in [1.54, 1.807) is 0 Å². The fourth-order valence-corrected chi connectivity index (χ4v) is 5.72. The third-order valence-corrected chi connectivity index (χ3v) is 7.98. The summed E-state index contributed by atoms with van der Waals surface area (Å²) in [6.45, 7) is 8.44. The zero-order valence-electron chi connectivity index (χ0n) is 25.3. The molecule has 2 aliphatic rings. The Morgan fingerprint density at radius 3 is 1.24 bits per heavy atom. The van der Waals surface area contributed by atoms with Crippen molar-refractivity contribution in [1.29, 1.82) is 0 Å². The van der Waals surface area contributed by atoms with E-state index in [4.69, 9.17) is 0 Å². The maximum atomic E-state index is 4.68. The molecule has 0 amide bonds. The number of imidazole rings is 2. The Kier molecular flexibility index (Phi) is 14.0. The Labute approximate surface area is 294 Å². The largest absolute Gasteiger partial charge is 0.369 e. The van der Waals surface area contributed by atoms with Gasteiger partial charge in [-0.15, -0.1) is 49.6 Å². The fourth-order valence-electron chi connectivity index (χ4n) is 5.72. The molecule has 4 aromatic carbocycles. The highest BCUT2D eigenvalue weighted by atomic mass is 35.5. The van der Waals surface area contributed by atoms with Crippen LogP contribution in [0.4, 0.5) is 11.4 Å². The van der Waals surface area contributed by atoms with E-state index in [0.29, 0.717) is 0 Å². The van der Waals surface area contributed by atoms with Crippen molar-refractivity contribution >= 4 is 83.1 Å². The first-order valence-electron chi connectivity index (χ1n) is 14.8. The van der Waals surface area contributed by atoms with E-state index in [1.807, 2.05) is 36.4 Å². The van der Waals surface area contributed by atoms with Crippen LogP contribution in [0.15, 0.2) is 97.1 Å². The van der Waals surface area contributed by atoms with Gasteiger partial charge in [-0.25, -0.2) is 9.97 Å². The molecule has 2 aliphatic heterocycles. The number of rotatable bonds is 4. The van der Waals surface area contributed by atoms with Crippen molar-refractivity contribution in [2.45, 2.75) is 0 Å². The quantitative estimate of drug-likeness (QED) is 0.159. The number of nitrogens with zero attached hydrogens (tertiary/aromatic N) is 4. The molecule has 0 aliphatic carbocycles. The molecule has 0 spiro atoms. The van der Waals surface area contributed by atoms with Crippen molar-refractivity contribution in [2.24, 2.45) is 0 Å². The maximum Gasteiger partial charge on any atom is 0.138 e. The molecule has 0 radical (unpaired) electrons. The monoisotopic (exact) mass is 700 g/mol. The highest BCUT2D eigenvalue weighted by Crippen LogP contribution is 2.26. The predicted molar refractivity (Wildman–Crippen MR) is 202 cm³/mol. The molecule has 2 saturated heterocycles. The Morgan fingerprint density at radius 2 is 0.848 bits per heavy atom. The van der Waals surface area contributed by atoms with Crippen LogP contribution in [0.25, 0.3) is 44.8 Å². The first-order chi connectivity index (χ1) is 20.8. The molecule has 0 saturated carbocycles. The van der Waals surface area contributed by atoms with Gasteiger partial charge in [0.15, 0.2) is 0 Å². The summed E-state index contributed by atoms with van der Waals surface area (Å²) in [6.07, 6.45) is 0. The van der Waals surface area contributed by atoms with Gasteiger partial charge in [-0.1, -0.05) is 48.5 Å². The minimum absolute atomic E-state index is 0. The molecule has 6 aromatic rings. The molecule has 2 fully saturated rings. The average molecular weight is 703 g/mol. The number of nitrogens with one attached hydrogen (secondary N) is 4. The topological polar surface area (TPSA) is 87.9 Å². The van der Waals surface area contributed by atoms with E-state index in [0.717, 1.165) is 97.2 Å². The van der Waals surface area contributed by atoms with E-state index >= 15 is 0 Å². The molecular weight excluding hydrogens is 662 g/mol. The summed E-state index contributed by atoms with van der Waals surface area (Å²) in [4.78, 5) is 21.0. The summed E-state index contributed by atoms with van der Waals surface area (Å²) in [7, 11) is 0. The van der Waals surface area contributed by atoms with Crippen LogP contribution in [0.1, 0.15) is 0 Å². The lowest BCUT2D eigenvalue weighted by molar-refractivity contribution is 0.589. The normalized spacial score (nSPS) is 14.2. The third kappa shape index (κ3) is 8.45.